The summed E-state index contributed by atoms with van der Waals surface area (Å²) in [6, 6.07) is 8.53. The second kappa shape index (κ2) is 6.58. The highest BCUT2D eigenvalue weighted by atomic mass is 32.1. The molecule has 23 heavy (non-hydrogen) atoms. The molecule has 0 unspecified atom stereocenters. The van der Waals surface area contributed by atoms with Crippen LogP contribution in [0.3, 0.4) is 0 Å². The summed E-state index contributed by atoms with van der Waals surface area (Å²) in [6.07, 6.45) is 2.05. The molecule has 1 aromatic heterocycles. The minimum absolute atomic E-state index is 0.0421. The van der Waals surface area contributed by atoms with Gasteiger partial charge in [0.2, 0.25) is 0 Å². The van der Waals surface area contributed by atoms with E-state index in [9.17, 15) is 13.2 Å². The number of hydrogen-bond acceptors (Lipinski definition) is 3. The molecule has 1 heterocycles. The third kappa shape index (κ3) is 3.32. The molecule has 0 aliphatic carbocycles. The highest BCUT2D eigenvalue weighted by Gasteiger charge is 2.17. The van der Waals surface area contributed by atoms with E-state index in [1.54, 1.807) is 0 Å². The second-order valence-electron chi connectivity index (χ2n) is 5.24. The molecule has 3 aromatic rings. The normalized spacial score (nSPS) is 11.1. The number of halogens is 3. The van der Waals surface area contributed by atoms with E-state index in [1.165, 1.54) is 5.56 Å². The fraction of sp³-hybridized carbons (Fsp3) is 0.235. The number of hydrogen-bond donors (Lipinski definition) is 1. The van der Waals surface area contributed by atoms with Crippen molar-refractivity contribution in [2.75, 3.05) is 5.32 Å². The van der Waals surface area contributed by atoms with Gasteiger partial charge in [-0.25, -0.2) is 18.2 Å². The summed E-state index contributed by atoms with van der Waals surface area (Å²) in [5.74, 6) is -3.10. The average Bonchev–Trinajstić information content (AvgIpc) is 2.97. The van der Waals surface area contributed by atoms with Crippen LogP contribution in [0.4, 0.5) is 18.9 Å². The van der Waals surface area contributed by atoms with Gasteiger partial charge in [0.05, 0.1) is 11.2 Å². The Morgan fingerprint density at radius 3 is 2.74 bits per heavy atom. The van der Waals surface area contributed by atoms with E-state index in [2.05, 4.69) is 23.3 Å². The molecule has 2 aromatic carbocycles. The first-order valence-electron chi connectivity index (χ1n) is 7.34. The summed E-state index contributed by atoms with van der Waals surface area (Å²) < 4.78 is 40.6. The van der Waals surface area contributed by atoms with Crippen molar-refractivity contribution >= 4 is 27.2 Å². The molecule has 0 saturated carbocycles. The quantitative estimate of drug-likeness (QED) is 0.641. The fourth-order valence-electron chi connectivity index (χ4n) is 2.41. The van der Waals surface area contributed by atoms with Crippen molar-refractivity contribution in [3.8, 4) is 0 Å². The highest BCUT2D eigenvalue weighted by Crippen LogP contribution is 2.29. The average molecular weight is 336 g/mol. The van der Waals surface area contributed by atoms with Gasteiger partial charge in [0, 0.05) is 11.8 Å². The number of aryl methyl sites for hydroxylation is 1. The minimum atomic E-state index is -1.22. The van der Waals surface area contributed by atoms with Crippen LogP contribution in [0.25, 0.3) is 10.2 Å². The molecular weight excluding hydrogens is 321 g/mol. The Balaban J connectivity index is 1.81. The number of nitrogens with one attached hydrogen (secondary N) is 1. The van der Waals surface area contributed by atoms with Crippen LogP contribution in [0.1, 0.15) is 23.9 Å². The molecule has 3 rings (SSSR count). The van der Waals surface area contributed by atoms with Crippen molar-refractivity contribution in [1.29, 1.82) is 0 Å². The fourth-order valence-corrected chi connectivity index (χ4v) is 3.31. The van der Waals surface area contributed by atoms with Gasteiger partial charge in [-0.05, 0) is 24.1 Å². The molecule has 0 radical (unpaired) electrons. The van der Waals surface area contributed by atoms with Gasteiger partial charge in [0.25, 0.3) is 0 Å². The van der Waals surface area contributed by atoms with Crippen LogP contribution in [0.2, 0.25) is 0 Å². The van der Waals surface area contributed by atoms with Gasteiger partial charge < -0.3 is 5.32 Å². The van der Waals surface area contributed by atoms with Crippen LogP contribution in [0.5, 0.6) is 0 Å². The molecule has 0 fully saturated rings. The number of benzene rings is 2. The molecule has 0 aliphatic heterocycles. The molecular formula is C17H15F3N2S. The molecule has 0 spiro atoms. The Kier molecular flexibility index (Phi) is 4.52. The van der Waals surface area contributed by atoms with E-state index in [0.717, 1.165) is 29.9 Å². The Morgan fingerprint density at radius 2 is 1.96 bits per heavy atom. The second-order valence-corrected chi connectivity index (χ2v) is 6.33. The van der Waals surface area contributed by atoms with Gasteiger partial charge >= 0.3 is 0 Å². The summed E-state index contributed by atoms with van der Waals surface area (Å²) in [6.45, 7) is 2.44. The first-order chi connectivity index (χ1) is 11.1. The maximum atomic E-state index is 13.7. The lowest BCUT2D eigenvalue weighted by atomic mass is 10.1. The standard InChI is InChI=1S/C17H15F3N2S/c1-2-4-10-5-3-6-11(7-10)21-9-14-22-16-15(20)12(18)8-13(19)17(16)23-14/h3,5-8,21H,2,4,9H2,1H3. The molecule has 2 nitrogen and oxygen atoms in total. The third-order valence-corrected chi connectivity index (χ3v) is 4.53. The minimum Gasteiger partial charge on any atom is -0.379 e. The van der Waals surface area contributed by atoms with Gasteiger partial charge in [0.15, 0.2) is 11.6 Å². The zero-order chi connectivity index (χ0) is 16.4. The first-order valence-corrected chi connectivity index (χ1v) is 8.16. The van der Waals surface area contributed by atoms with Gasteiger partial charge in [-0.1, -0.05) is 25.5 Å². The topological polar surface area (TPSA) is 24.9 Å². The number of thiazole rings is 1. The van der Waals surface area contributed by atoms with Crippen LogP contribution in [0, 0.1) is 17.5 Å². The highest BCUT2D eigenvalue weighted by molar-refractivity contribution is 7.18. The Morgan fingerprint density at radius 1 is 1.13 bits per heavy atom. The van der Waals surface area contributed by atoms with E-state index in [1.807, 2.05) is 18.2 Å². The van der Waals surface area contributed by atoms with E-state index in [4.69, 9.17) is 0 Å². The summed E-state index contributed by atoms with van der Waals surface area (Å²) in [5.41, 5.74) is 1.90. The molecule has 0 atom stereocenters. The predicted octanol–water partition coefficient (Wildman–Crippen LogP) is 5.28. The molecule has 6 heteroatoms. The van der Waals surface area contributed by atoms with E-state index in [0.29, 0.717) is 17.6 Å². The first kappa shape index (κ1) is 15.8. The number of rotatable bonds is 5. The lowest BCUT2D eigenvalue weighted by molar-refractivity contribution is 0.504. The lowest BCUT2D eigenvalue weighted by Crippen LogP contribution is -1.99. The Bertz CT molecular complexity index is 845. The van der Waals surface area contributed by atoms with Crippen LogP contribution >= 0.6 is 11.3 Å². The number of aromatic nitrogens is 1. The molecule has 0 bridgehead atoms. The summed E-state index contributed by atoms with van der Waals surface area (Å²) in [5, 5.41) is 3.69. The van der Waals surface area contributed by atoms with Crippen molar-refractivity contribution in [1.82, 2.24) is 4.98 Å². The van der Waals surface area contributed by atoms with Gasteiger partial charge in [-0.15, -0.1) is 11.3 Å². The van der Waals surface area contributed by atoms with Crippen molar-refractivity contribution in [3.63, 3.8) is 0 Å². The molecule has 0 amide bonds. The zero-order valence-corrected chi connectivity index (χ0v) is 13.3. The van der Waals surface area contributed by atoms with Gasteiger partial charge in [-0.2, -0.15) is 0 Å². The maximum absolute atomic E-state index is 13.7. The van der Waals surface area contributed by atoms with Gasteiger partial charge in [-0.3, -0.25) is 0 Å². The maximum Gasteiger partial charge on any atom is 0.186 e. The molecule has 0 saturated heterocycles. The van der Waals surface area contributed by atoms with Crippen molar-refractivity contribution in [2.24, 2.45) is 0 Å². The Labute approximate surface area is 136 Å². The smallest absolute Gasteiger partial charge is 0.186 e. The molecule has 120 valence electrons. The summed E-state index contributed by atoms with van der Waals surface area (Å²) in [7, 11) is 0. The van der Waals surface area contributed by atoms with E-state index in [-0.39, 0.29) is 10.2 Å². The predicted molar refractivity (Wildman–Crippen MR) is 87.3 cm³/mol. The van der Waals surface area contributed by atoms with E-state index < -0.39 is 17.5 Å². The SMILES string of the molecule is CCCc1cccc(NCc2nc3c(F)c(F)cc(F)c3s2)c1. The monoisotopic (exact) mass is 336 g/mol. The zero-order valence-electron chi connectivity index (χ0n) is 12.5. The van der Waals surface area contributed by atoms with Crippen molar-refractivity contribution < 1.29 is 13.2 Å². The summed E-state index contributed by atoms with van der Waals surface area (Å²) >= 11 is 1.03. The van der Waals surface area contributed by atoms with Crippen LogP contribution in [-0.4, -0.2) is 4.98 Å². The Hall–Kier alpha value is -2.08. The lowest BCUT2D eigenvalue weighted by Gasteiger charge is -2.06. The van der Waals surface area contributed by atoms with Crippen molar-refractivity contribution in [2.45, 2.75) is 26.3 Å². The number of anilines is 1. The largest absolute Gasteiger partial charge is 0.379 e. The third-order valence-electron chi connectivity index (χ3n) is 3.47. The number of fused-ring (bicyclic) bond motifs is 1. The molecule has 0 aliphatic rings. The van der Waals surface area contributed by atoms with Crippen molar-refractivity contribution in [3.05, 3.63) is 58.4 Å². The van der Waals surface area contributed by atoms with Crippen LogP contribution < -0.4 is 5.32 Å². The molecule has 1 N–H and O–H groups in total. The van der Waals surface area contributed by atoms with Crippen LogP contribution in [-0.2, 0) is 13.0 Å². The summed E-state index contributed by atoms with van der Waals surface area (Å²) in [4.78, 5) is 4.01. The number of nitrogens with zero attached hydrogens (tertiary/aromatic N) is 1. The van der Waals surface area contributed by atoms with Crippen LogP contribution in [0.15, 0.2) is 30.3 Å². The van der Waals surface area contributed by atoms with E-state index >= 15 is 0 Å². The van der Waals surface area contributed by atoms with Gasteiger partial charge in [0.1, 0.15) is 16.3 Å².